The Balaban J connectivity index is 1.53. The number of rotatable bonds is 7. The Bertz CT molecular complexity index is 1020. The molecule has 0 atom stereocenters. The van der Waals surface area contributed by atoms with Crippen LogP contribution >= 0.6 is 0 Å². The van der Waals surface area contributed by atoms with Gasteiger partial charge in [-0.1, -0.05) is 12.1 Å². The van der Waals surface area contributed by atoms with E-state index in [-0.39, 0.29) is 18.3 Å². The molecular formula is C21H19F3N4O3. The van der Waals surface area contributed by atoms with Gasteiger partial charge in [0, 0.05) is 24.0 Å². The summed E-state index contributed by atoms with van der Waals surface area (Å²) >= 11 is 0. The third kappa shape index (κ3) is 7.11. The fraction of sp³-hybridized carbons (Fsp3) is 0.143. The maximum absolute atomic E-state index is 12.2. The molecule has 7 nitrogen and oxygen atoms in total. The van der Waals surface area contributed by atoms with Gasteiger partial charge in [0.2, 0.25) is 5.88 Å². The number of ether oxygens (including phenoxy) is 3. The summed E-state index contributed by atoms with van der Waals surface area (Å²) in [4.78, 5) is 8.41. The number of aliphatic imine (C=N–C) groups is 1. The van der Waals surface area contributed by atoms with E-state index in [4.69, 9.17) is 15.2 Å². The standard InChI is InChI=1S/C21H19F3N4O3/c1-29-17-3-2-4-18(11-17)30-19-10-5-14(12-26-19)13-27-20(25)28-15-6-8-16(9-7-15)31-21(22,23)24/h2-12H,13H2,1H3,(H3,25,27,28). The van der Waals surface area contributed by atoms with Crippen LogP contribution in [-0.4, -0.2) is 24.4 Å². The van der Waals surface area contributed by atoms with Crippen molar-refractivity contribution in [2.45, 2.75) is 12.9 Å². The van der Waals surface area contributed by atoms with Gasteiger partial charge in [0.1, 0.15) is 17.2 Å². The van der Waals surface area contributed by atoms with Crippen LogP contribution in [0.4, 0.5) is 18.9 Å². The molecule has 3 N–H and O–H groups in total. The lowest BCUT2D eigenvalue weighted by atomic mass is 10.3. The Morgan fingerprint density at radius 1 is 1.03 bits per heavy atom. The Morgan fingerprint density at radius 2 is 1.77 bits per heavy atom. The van der Waals surface area contributed by atoms with Crippen molar-refractivity contribution < 1.29 is 27.4 Å². The first-order chi connectivity index (χ1) is 14.8. The van der Waals surface area contributed by atoms with E-state index in [9.17, 15) is 13.2 Å². The maximum Gasteiger partial charge on any atom is 0.573 e. The smallest absolute Gasteiger partial charge is 0.497 e. The zero-order chi connectivity index (χ0) is 22.3. The molecule has 3 rings (SSSR count). The van der Waals surface area contributed by atoms with Gasteiger partial charge in [-0.15, -0.1) is 13.2 Å². The first-order valence-corrected chi connectivity index (χ1v) is 9.00. The molecule has 2 aromatic carbocycles. The van der Waals surface area contributed by atoms with Gasteiger partial charge >= 0.3 is 6.36 Å². The number of aromatic nitrogens is 1. The molecule has 0 fully saturated rings. The third-order valence-electron chi connectivity index (χ3n) is 3.85. The Hall–Kier alpha value is -3.95. The van der Waals surface area contributed by atoms with Crippen LogP contribution in [0.2, 0.25) is 0 Å². The summed E-state index contributed by atoms with van der Waals surface area (Å²) in [5.74, 6) is 1.46. The molecule has 3 aromatic rings. The summed E-state index contributed by atoms with van der Waals surface area (Å²) in [7, 11) is 1.57. The highest BCUT2D eigenvalue weighted by Crippen LogP contribution is 2.25. The molecule has 1 aromatic heterocycles. The minimum absolute atomic E-state index is 0.0983. The van der Waals surface area contributed by atoms with Gasteiger partial charge in [0.25, 0.3) is 0 Å². The average molecular weight is 432 g/mol. The number of alkyl halides is 3. The molecule has 10 heteroatoms. The monoisotopic (exact) mass is 432 g/mol. The van der Waals surface area contributed by atoms with Crippen LogP contribution in [0.15, 0.2) is 71.9 Å². The number of benzene rings is 2. The van der Waals surface area contributed by atoms with E-state index >= 15 is 0 Å². The normalized spacial score (nSPS) is 11.7. The Labute approximate surface area is 176 Å². The molecule has 162 valence electrons. The van der Waals surface area contributed by atoms with Gasteiger partial charge in [-0.25, -0.2) is 9.98 Å². The largest absolute Gasteiger partial charge is 0.573 e. The molecule has 31 heavy (non-hydrogen) atoms. The highest BCUT2D eigenvalue weighted by molar-refractivity contribution is 5.92. The van der Waals surface area contributed by atoms with Gasteiger partial charge < -0.3 is 25.3 Å². The number of nitrogens with one attached hydrogen (secondary N) is 1. The molecule has 0 radical (unpaired) electrons. The molecule has 0 aliphatic carbocycles. The average Bonchev–Trinajstić information content (AvgIpc) is 2.74. The lowest BCUT2D eigenvalue weighted by molar-refractivity contribution is -0.274. The van der Waals surface area contributed by atoms with Crippen molar-refractivity contribution in [2.24, 2.45) is 10.7 Å². The van der Waals surface area contributed by atoms with Crippen molar-refractivity contribution in [2.75, 3.05) is 12.4 Å². The van der Waals surface area contributed by atoms with Crippen LogP contribution in [0.25, 0.3) is 0 Å². The molecule has 0 saturated carbocycles. The molecular weight excluding hydrogens is 413 g/mol. The Kier molecular flexibility index (Phi) is 6.81. The molecule has 0 aliphatic rings. The van der Waals surface area contributed by atoms with Crippen molar-refractivity contribution in [1.82, 2.24) is 4.98 Å². The molecule has 0 amide bonds. The summed E-state index contributed by atoms with van der Waals surface area (Å²) < 4.78 is 51.2. The van der Waals surface area contributed by atoms with Crippen molar-refractivity contribution in [1.29, 1.82) is 0 Å². The number of halogens is 3. The molecule has 0 saturated heterocycles. The third-order valence-corrected chi connectivity index (χ3v) is 3.85. The van der Waals surface area contributed by atoms with Crippen LogP contribution in [0.1, 0.15) is 5.56 Å². The van der Waals surface area contributed by atoms with E-state index in [2.05, 4.69) is 20.0 Å². The quantitative estimate of drug-likeness (QED) is 0.415. The number of methoxy groups -OCH3 is 1. The van der Waals surface area contributed by atoms with Gasteiger partial charge in [-0.2, -0.15) is 0 Å². The summed E-state index contributed by atoms with van der Waals surface area (Å²) in [5.41, 5.74) is 7.08. The van der Waals surface area contributed by atoms with Crippen LogP contribution in [0.3, 0.4) is 0 Å². The van der Waals surface area contributed by atoms with Gasteiger partial charge in [0.15, 0.2) is 5.96 Å². The number of nitrogens with zero attached hydrogens (tertiary/aromatic N) is 2. The fourth-order valence-electron chi connectivity index (χ4n) is 2.45. The Morgan fingerprint density at radius 3 is 2.42 bits per heavy atom. The van der Waals surface area contributed by atoms with E-state index in [0.717, 1.165) is 5.56 Å². The second-order valence-corrected chi connectivity index (χ2v) is 6.18. The highest BCUT2D eigenvalue weighted by atomic mass is 19.4. The zero-order valence-corrected chi connectivity index (χ0v) is 16.4. The molecule has 0 unspecified atom stereocenters. The van der Waals surface area contributed by atoms with E-state index in [1.54, 1.807) is 37.6 Å². The highest BCUT2D eigenvalue weighted by Gasteiger charge is 2.30. The number of nitrogens with two attached hydrogens (primary N) is 1. The minimum atomic E-state index is -4.74. The van der Waals surface area contributed by atoms with E-state index in [0.29, 0.717) is 23.1 Å². The summed E-state index contributed by atoms with van der Waals surface area (Å²) in [6.45, 7) is 0.251. The number of hydrogen-bond acceptors (Lipinski definition) is 5. The molecule has 0 aliphatic heterocycles. The second kappa shape index (κ2) is 9.70. The van der Waals surface area contributed by atoms with Crippen molar-refractivity contribution in [3.8, 4) is 23.1 Å². The number of hydrogen-bond donors (Lipinski definition) is 2. The molecule has 0 spiro atoms. The van der Waals surface area contributed by atoms with Gasteiger partial charge in [0.05, 0.1) is 13.7 Å². The minimum Gasteiger partial charge on any atom is -0.497 e. The van der Waals surface area contributed by atoms with Crippen LogP contribution < -0.4 is 25.3 Å². The number of anilines is 1. The lowest BCUT2D eigenvalue weighted by Crippen LogP contribution is -2.22. The van der Waals surface area contributed by atoms with E-state index in [1.807, 2.05) is 12.1 Å². The topological polar surface area (TPSA) is 91.0 Å². The van der Waals surface area contributed by atoms with Crippen molar-refractivity contribution in [3.63, 3.8) is 0 Å². The van der Waals surface area contributed by atoms with Crippen LogP contribution in [-0.2, 0) is 6.54 Å². The van der Waals surface area contributed by atoms with E-state index < -0.39 is 6.36 Å². The number of guanidine groups is 1. The van der Waals surface area contributed by atoms with E-state index in [1.165, 1.54) is 24.3 Å². The number of pyridine rings is 1. The summed E-state index contributed by atoms with van der Waals surface area (Å²) in [6, 6.07) is 15.8. The SMILES string of the molecule is COc1cccc(Oc2ccc(CN=C(N)Nc3ccc(OC(F)(F)F)cc3)cn2)c1. The fourth-order valence-corrected chi connectivity index (χ4v) is 2.45. The molecule has 1 heterocycles. The lowest BCUT2D eigenvalue weighted by Gasteiger charge is -2.10. The maximum atomic E-state index is 12.2. The predicted molar refractivity (Wildman–Crippen MR) is 109 cm³/mol. The van der Waals surface area contributed by atoms with Crippen LogP contribution in [0, 0.1) is 0 Å². The summed E-state index contributed by atoms with van der Waals surface area (Å²) in [5, 5.41) is 2.79. The first kappa shape index (κ1) is 21.8. The zero-order valence-electron chi connectivity index (χ0n) is 16.4. The van der Waals surface area contributed by atoms with Gasteiger partial charge in [-0.05, 0) is 42.0 Å². The van der Waals surface area contributed by atoms with Crippen molar-refractivity contribution >= 4 is 11.6 Å². The van der Waals surface area contributed by atoms with Crippen LogP contribution in [0.5, 0.6) is 23.1 Å². The predicted octanol–water partition coefficient (Wildman–Crippen LogP) is 4.71. The molecule has 0 bridgehead atoms. The first-order valence-electron chi connectivity index (χ1n) is 9.00. The summed E-state index contributed by atoms with van der Waals surface area (Å²) in [6.07, 6.45) is -3.13. The second-order valence-electron chi connectivity index (χ2n) is 6.18. The van der Waals surface area contributed by atoms with Crippen molar-refractivity contribution in [3.05, 3.63) is 72.4 Å². The van der Waals surface area contributed by atoms with Gasteiger partial charge in [-0.3, -0.25) is 0 Å².